The Morgan fingerprint density at radius 1 is 1.19 bits per heavy atom. The Bertz CT molecular complexity index is 883. The molecule has 9 heteroatoms. The Hall–Kier alpha value is -2.58. The lowest BCUT2D eigenvalue weighted by molar-refractivity contribution is -0.115. The van der Waals surface area contributed by atoms with Gasteiger partial charge in [0.1, 0.15) is 5.75 Å². The zero-order valence-corrected chi connectivity index (χ0v) is 15.7. The first-order valence-electron chi connectivity index (χ1n) is 7.72. The van der Waals surface area contributed by atoms with E-state index in [4.69, 9.17) is 16.3 Å². The number of aromatic nitrogens is 4. The van der Waals surface area contributed by atoms with Gasteiger partial charge in [0.05, 0.1) is 18.0 Å². The minimum atomic E-state index is -0.394. The van der Waals surface area contributed by atoms with Crippen LogP contribution in [0.4, 0.5) is 5.69 Å². The zero-order valence-electron chi connectivity index (χ0n) is 14.1. The lowest BCUT2D eigenvalue weighted by Crippen LogP contribution is -2.22. The predicted molar refractivity (Wildman–Crippen MR) is 101 cm³/mol. The maximum atomic E-state index is 12.4. The van der Waals surface area contributed by atoms with Crippen molar-refractivity contribution in [2.75, 3.05) is 12.4 Å². The van der Waals surface area contributed by atoms with Gasteiger partial charge in [0.25, 0.3) is 0 Å². The van der Waals surface area contributed by atoms with Gasteiger partial charge in [0, 0.05) is 10.7 Å². The van der Waals surface area contributed by atoms with Crippen LogP contribution in [0, 0.1) is 0 Å². The molecule has 0 radical (unpaired) electrons. The molecule has 0 aliphatic rings. The molecule has 1 atom stereocenters. The van der Waals surface area contributed by atoms with Crippen LogP contribution in [0.2, 0.25) is 5.02 Å². The highest BCUT2D eigenvalue weighted by molar-refractivity contribution is 8.00. The number of tetrazole rings is 1. The minimum Gasteiger partial charge on any atom is -0.497 e. The number of nitrogens with one attached hydrogen (secondary N) is 1. The molecule has 134 valence electrons. The topological polar surface area (TPSA) is 81.9 Å². The normalized spacial score (nSPS) is 11.8. The largest absolute Gasteiger partial charge is 0.497 e. The highest BCUT2D eigenvalue weighted by Crippen LogP contribution is 2.25. The van der Waals surface area contributed by atoms with Crippen molar-refractivity contribution in [2.24, 2.45) is 0 Å². The van der Waals surface area contributed by atoms with Crippen LogP contribution in [0.5, 0.6) is 5.75 Å². The molecule has 1 unspecified atom stereocenters. The maximum Gasteiger partial charge on any atom is 0.237 e. The molecule has 1 heterocycles. The standard InChI is InChI=1S/C17H16ClN5O2S/c1-11(16(24)19-13-5-9-15(25-2)10-6-13)26-17-20-21-22-23(17)14-7-3-12(18)4-8-14/h3-11H,1-2H3,(H,19,24). The number of benzene rings is 2. The van der Waals surface area contributed by atoms with Gasteiger partial charge < -0.3 is 10.1 Å². The second kappa shape index (κ2) is 8.20. The molecule has 26 heavy (non-hydrogen) atoms. The molecule has 3 aromatic rings. The van der Waals surface area contributed by atoms with E-state index in [-0.39, 0.29) is 5.91 Å². The molecule has 0 fully saturated rings. The highest BCUT2D eigenvalue weighted by atomic mass is 35.5. The number of ether oxygens (including phenoxy) is 1. The van der Waals surface area contributed by atoms with E-state index >= 15 is 0 Å². The van der Waals surface area contributed by atoms with Gasteiger partial charge >= 0.3 is 0 Å². The number of hydrogen-bond donors (Lipinski definition) is 1. The Morgan fingerprint density at radius 3 is 2.54 bits per heavy atom. The second-order valence-corrected chi connectivity index (χ2v) is 7.07. The van der Waals surface area contributed by atoms with Gasteiger partial charge in [-0.05, 0) is 65.9 Å². The van der Waals surface area contributed by atoms with Crippen molar-refractivity contribution in [1.29, 1.82) is 0 Å². The smallest absolute Gasteiger partial charge is 0.237 e. The molecule has 0 saturated heterocycles. The van der Waals surface area contributed by atoms with E-state index < -0.39 is 5.25 Å². The number of carbonyl (C=O) groups is 1. The molecule has 1 amide bonds. The Kier molecular flexibility index (Phi) is 5.75. The zero-order chi connectivity index (χ0) is 18.5. The van der Waals surface area contributed by atoms with Gasteiger partial charge in [-0.2, -0.15) is 4.68 Å². The van der Waals surface area contributed by atoms with Crippen molar-refractivity contribution in [2.45, 2.75) is 17.3 Å². The van der Waals surface area contributed by atoms with Gasteiger partial charge in [0.15, 0.2) is 0 Å². The molecule has 3 rings (SSSR count). The summed E-state index contributed by atoms with van der Waals surface area (Å²) in [4.78, 5) is 12.4. The van der Waals surface area contributed by atoms with Crippen LogP contribution in [-0.4, -0.2) is 38.5 Å². The molecule has 2 aromatic carbocycles. The molecular formula is C17H16ClN5O2S. The Labute approximate surface area is 159 Å². The third-order valence-electron chi connectivity index (χ3n) is 3.52. The fourth-order valence-electron chi connectivity index (χ4n) is 2.13. The van der Waals surface area contributed by atoms with Crippen molar-refractivity contribution in [3.8, 4) is 11.4 Å². The van der Waals surface area contributed by atoms with E-state index in [1.807, 2.05) is 12.1 Å². The third kappa shape index (κ3) is 4.33. The average Bonchev–Trinajstić information content (AvgIpc) is 3.11. The number of hydrogen-bond acceptors (Lipinski definition) is 6. The maximum absolute atomic E-state index is 12.4. The van der Waals surface area contributed by atoms with Crippen molar-refractivity contribution in [3.05, 3.63) is 53.6 Å². The number of amides is 1. The van der Waals surface area contributed by atoms with Gasteiger partial charge in [-0.15, -0.1) is 5.10 Å². The monoisotopic (exact) mass is 389 g/mol. The lowest BCUT2D eigenvalue weighted by atomic mass is 10.3. The predicted octanol–water partition coefficient (Wildman–Crippen LogP) is 3.44. The number of nitrogens with zero attached hydrogens (tertiary/aromatic N) is 4. The van der Waals surface area contributed by atoms with Crippen LogP contribution in [0.1, 0.15) is 6.92 Å². The molecule has 0 aliphatic heterocycles. The first-order chi connectivity index (χ1) is 12.6. The number of anilines is 1. The summed E-state index contributed by atoms with van der Waals surface area (Å²) in [6, 6.07) is 14.3. The summed E-state index contributed by atoms with van der Waals surface area (Å²) in [7, 11) is 1.59. The minimum absolute atomic E-state index is 0.147. The van der Waals surface area contributed by atoms with E-state index in [1.165, 1.54) is 11.8 Å². The number of carbonyl (C=O) groups excluding carboxylic acids is 1. The van der Waals surface area contributed by atoms with Gasteiger partial charge in [-0.25, -0.2) is 0 Å². The summed E-state index contributed by atoms with van der Waals surface area (Å²) in [5.74, 6) is 0.582. The molecular weight excluding hydrogens is 374 g/mol. The van der Waals surface area contributed by atoms with Crippen LogP contribution in [0.15, 0.2) is 53.7 Å². The molecule has 1 N–H and O–H groups in total. The molecule has 0 spiro atoms. The first-order valence-corrected chi connectivity index (χ1v) is 8.98. The summed E-state index contributed by atoms with van der Waals surface area (Å²) in [6.45, 7) is 1.80. The lowest BCUT2D eigenvalue weighted by Gasteiger charge is -2.12. The summed E-state index contributed by atoms with van der Waals surface area (Å²) in [5, 5.41) is 15.3. The molecule has 1 aromatic heterocycles. The van der Waals surface area contributed by atoms with Crippen molar-refractivity contribution < 1.29 is 9.53 Å². The van der Waals surface area contributed by atoms with E-state index in [1.54, 1.807) is 55.1 Å². The van der Waals surface area contributed by atoms with Crippen LogP contribution >= 0.6 is 23.4 Å². The Balaban J connectivity index is 1.67. The van der Waals surface area contributed by atoms with E-state index in [2.05, 4.69) is 20.8 Å². The van der Waals surface area contributed by atoms with Crippen molar-refractivity contribution in [1.82, 2.24) is 20.2 Å². The van der Waals surface area contributed by atoms with Crippen LogP contribution in [0.25, 0.3) is 5.69 Å². The van der Waals surface area contributed by atoms with E-state index in [0.717, 1.165) is 11.4 Å². The van der Waals surface area contributed by atoms with Crippen LogP contribution in [0.3, 0.4) is 0 Å². The molecule has 7 nitrogen and oxygen atoms in total. The SMILES string of the molecule is COc1ccc(NC(=O)C(C)Sc2nnnn2-c2ccc(Cl)cc2)cc1. The summed E-state index contributed by atoms with van der Waals surface area (Å²) < 4.78 is 6.67. The number of rotatable bonds is 6. The fraction of sp³-hybridized carbons (Fsp3) is 0.176. The number of methoxy groups -OCH3 is 1. The van der Waals surface area contributed by atoms with Gasteiger partial charge in [-0.1, -0.05) is 23.4 Å². The van der Waals surface area contributed by atoms with Crippen LogP contribution < -0.4 is 10.1 Å². The second-order valence-electron chi connectivity index (χ2n) is 5.33. The van der Waals surface area contributed by atoms with Crippen LogP contribution in [-0.2, 0) is 4.79 Å². The fourth-order valence-corrected chi connectivity index (χ4v) is 3.06. The third-order valence-corrected chi connectivity index (χ3v) is 4.81. The Morgan fingerprint density at radius 2 is 1.88 bits per heavy atom. The van der Waals surface area contributed by atoms with E-state index in [0.29, 0.717) is 15.9 Å². The molecule has 0 aliphatic carbocycles. The quantitative estimate of drug-likeness (QED) is 0.650. The van der Waals surface area contributed by atoms with Crippen molar-refractivity contribution in [3.63, 3.8) is 0 Å². The molecule has 0 bridgehead atoms. The number of halogens is 1. The summed E-state index contributed by atoms with van der Waals surface area (Å²) >= 11 is 7.18. The number of thioether (sulfide) groups is 1. The van der Waals surface area contributed by atoms with Gasteiger partial charge in [-0.3, -0.25) is 4.79 Å². The first kappa shape index (κ1) is 18.2. The average molecular weight is 390 g/mol. The summed E-state index contributed by atoms with van der Waals surface area (Å²) in [5.41, 5.74) is 1.46. The summed E-state index contributed by atoms with van der Waals surface area (Å²) in [6.07, 6.45) is 0. The van der Waals surface area contributed by atoms with Crippen molar-refractivity contribution >= 4 is 35.0 Å². The van der Waals surface area contributed by atoms with E-state index in [9.17, 15) is 4.79 Å². The van der Waals surface area contributed by atoms with Gasteiger partial charge in [0.2, 0.25) is 11.1 Å². The highest BCUT2D eigenvalue weighted by Gasteiger charge is 2.19. The molecule has 0 saturated carbocycles.